The van der Waals surface area contributed by atoms with E-state index in [9.17, 15) is 14.3 Å². The summed E-state index contributed by atoms with van der Waals surface area (Å²) in [6.07, 6.45) is 2.98. The van der Waals surface area contributed by atoms with Crippen molar-refractivity contribution in [2.24, 2.45) is 5.10 Å². The zero-order valence-corrected chi connectivity index (χ0v) is 10.7. The van der Waals surface area contributed by atoms with Crippen molar-refractivity contribution >= 4 is 11.6 Å². The first kappa shape index (κ1) is 13.7. The molecule has 2 rings (SSSR count). The lowest BCUT2D eigenvalue weighted by atomic mass is 10.1. The third-order valence-corrected chi connectivity index (χ3v) is 2.62. The molecule has 1 aromatic heterocycles. The van der Waals surface area contributed by atoms with Crippen LogP contribution >= 0.6 is 0 Å². The highest BCUT2D eigenvalue weighted by atomic mass is 19.1. The van der Waals surface area contributed by atoms with Crippen LogP contribution in [-0.2, 0) is 0 Å². The normalized spacial score (nSPS) is 11.2. The summed E-state index contributed by atoms with van der Waals surface area (Å²) in [4.78, 5) is 15.6. The number of aromatic hydroxyl groups is 1. The van der Waals surface area contributed by atoms with Crippen LogP contribution in [0.4, 0.5) is 4.39 Å². The summed E-state index contributed by atoms with van der Waals surface area (Å²) in [5.41, 5.74) is 3.25. The average Bonchev–Trinajstić information content (AvgIpc) is 2.47. The van der Waals surface area contributed by atoms with Crippen molar-refractivity contribution in [2.75, 3.05) is 0 Å². The monoisotopic (exact) mass is 273 g/mol. The molecule has 2 N–H and O–H groups in total. The van der Waals surface area contributed by atoms with Crippen LogP contribution in [0.25, 0.3) is 0 Å². The Morgan fingerprint density at radius 2 is 2.00 bits per heavy atom. The van der Waals surface area contributed by atoms with Crippen LogP contribution in [0, 0.1) is 5.82 Å². The van der Waals surface area contributed by atoms with Crippen molar-refractivity contribution in [1.29, 1.82) is 0 Å². The van der Waals surface area contributed by atoms with E-state index in [2.05, 4.69) is 15.5 Å². The number of nitrogens with zero attached hydrogens (tertiary/aromatic N) is 2. The Balaban J connectivity index is 2.15. The summed E-state index contributed by atoms with van der Waals surface area (Å²) >= 11 is 0. The topological polar surface area (TPSA) is 74.6 Å². The van der Waals surface area contributed by atoms with E-state index in [-0.39, 0.29) is 11.3 Å². The molecule has 1 heterocycles. The van der Waals surface area contributed by atoms with Gasteiger partial charge in [0.2, 0.25) is 0 Å². The highest BCUT2D eigenvalue weighted by Gasteiger charge is 2.08. The van der Waals surface area contributed by atoms with E-state index in [4.69, 9.17) is 0 Å². The van der Waals surface area contributed by atoms with Crippen LogP contribution in [0.3, 0.4) is 0 Å². The van der Waals surface area contributed by atoms with Gasteiger partial charge in [0.05, 0.1) is 5.71 Å². The fourth-order valence-electron chi connectivity index (χ4n) is 1.56. The first-order valence-corrected chi connectivity index (χ1v) is 5.81. The lowest BCUT2D eigenvalue weighted by Gasteiger charge is -2.05. The average molecular weight is 273 g/mol. The second kappa shape index (κ2) is 5.92. The maximum absolute atomic E-state index is 13.1. The van der Waals surface area contributed by atoms with Crippen molar-refractivity contribution in [3.63, 3.8) is 0 Å². The Morgan fingerprint density at radius 1 is 1.30 bits per heavy atom. The van der Waals surface area contributed by atoms with Crippen LogP contribution < -0.4 is 5.43 Å². The molecule has 5 nitrogen and oxygen atoms in total. The van der Waals surface area contributed by atoms with Gasteiger partial charge in [0.25, 0.3) is 5.91 Å². The summed E-state index contributed by atoms with van der Waals surface area (Å²) in [6, 6.07) is 6.60. The highest BCUT2D eigenvalue weighted by Crippen LogP contribution is 2.18. The van der Waals surface area contributed by atoms with Crippen molar-refractivity contribution in [2.45, 2.75) is 6.92 Å². The Hall–Kier alpha value is -2.76. The second-order valence-electron chi connectivity index (χ2n) is 4.04. The Morgan fingerprint density at radius 3 is 2.70 bits per heavy atom. The number of amides is 1. The van der Waals surface area contributed by atoms with E-state index < -0.39 is 11.7 Å². The minimum Gasteiger partial charge on any atom is -0.507 e. The SMILES string of the molecule is C/C(=N\NC(=O)c1ccncc1)c1cc(F)ccc1O. The molecule has 0 aliphatic rings. The van der Waals surface area contributed by atoms with E-state index in [0.29, 0.717) is 11.3 Å². The number of halogens is 1. The number of phenols is 1. The summed E-state index contributed by atoms with van der Waals surface area (Å²) in [5, 5.41) is 13.5. The zero-order valence-electron chi connectivity index (χ0n) is 10.7. The quantitative estimate of drug-likeness (QED) is 0.664. The van der Waals surface area contributed by atoms with E-state index in [1.54, 1.807) is 19.1 Å². The number of benzene rings is 1. The molecule has 0 radical (unpaired) electrons. The number of pyridine rings is 1. The van der Waals surface area contributed by atoms with Gasteiger partial charge in [0, 0.05) is 23.5 Å². The maximum atomic E-state index is 13.1. The molecule has 0 bridgehead atoms. The molecule has 0 aliphatic carbocycles. The molecule has 0 atom stereocenters. The molecule has 1 aromatic carbocycles. The van der Waals surface area contributed by atoms with Gasteiger partial charge in [-0.1, -0.05) is 0 Å². The van der Waals surface area contributed by atoms with E-state index in [1.807, 2.05) is 0 Å². The highest BCUT2D eigenvalue weighted by molar-refractivity contribution is 6.02. The van der Waals surface area contributed by atoms with Crippen molar-refractivity contribution in [3.8, 4) is 5.75 Å². The smallest absolute Gasteiger partial charge is 0.271 e. The van der Waals surface area contributed by atoms with Crippen molar-refractivity contribution in [1.82, 2.24) is 10.4 Å². The van der Waals surface area contributed by atoms with Crippen molar-refractivity contribution < 1.29 is 14.3 Å². The zero-order chi connectivity index (χ0) is 14.5. The maximum Gasteiger partial charge on any atom is 0.271 e. The number of hydrogen-bond donors (Lipinski definition) is 2. The molecule has 6 heteroatoms. The molecular formula is C14H12FN3O2. The van der Waals surface area contributed by atoms with Gasteiger partial charge in [-0.25, -0.2) is 9.82 Å². The number of hydrogen-bond acceptors (Lipinski definition) is 4. The fourth-order valence-corrected chi connectivity index (χ4v) is 1.56. The third-order valence-electron chi connectivity index (χ3n) is 2.62. The molecule has 2 aromatic rings. The minimum atomic E-state index is -0.493. The number of aromatic nitrogens is 1. The molecule has 0 aliphatic heterocycles. The summed E-state index contributed by atoms with van der Waals surface area (Å²) in [5.74, 6) is -1.01. The Labute approximate surface area is 114 Å². The summed E-state index contributed by atoms with van der Waals surface area (Å²) < 4.78 is 13.1. The predicted molar refractivity (Wildman–Crippen MR) is 72.0 cm³/mol. The second-order valence-corrected chi connectivity index (χ2v) is 4.04. The Kier molecular flexibility index (Phi) is 4.05. The lowest BCUT2D eigenvalue weighted by molar-refractivity contribution is 0.0954. The number of rotatable bonds is 3. The van der Waals surface area contributed by atoms with E-state index in [0.717, 1.165) is 12.1 Å². The van der Waals surface area contributed by atoms with Crippen LogP contribution in [0.2, 0.25) is 0 Å². The van der Waals surface area contributed by atoms with Gasteiger partial charge in [-0.3, -0.25) is 9.78 Å². The van der Waals surface area contributed by atoms with Gasteiger partial charge in [0.15, 0.2) is 0 Å². The summed E-state index contributed by atoms with van der Waals surface area (Å²) in [6.45, 7) is 1.56. The Bertz CT molecular complexity index is 657. The molecule has 0 saturated carbocycles. The van der Waals surface area contributed by atoms with E-state index in [1.165, 1.54) is 18.5 Å². The van der Waals surface area contributed by atoms with E-state index >= 15 is 0 Å². The number of nitrogens with one attached hydrogen (secondary N) is 1. The molecule has 0 spiro atoms. The molecule has 0 saturated heterocycles. The number of carbonyl (C=O) groups is 1. The molecule has 1 amide bonds. The first-order chi connectivity index (χ1) is 9.58. The van der Waals surface area contributed by atoms with Crippen LogP contribution in [0.1, 0.15) is 22.8 Å². The number of phenolic OH excluding ortho intramolecular Hbond substituents is 1. The van der Waals surface area contributed by atoms with Gasteiger partial charge in [-0.2, -0.15) is 5.10 Å². The minimum absolute atomic E-state index is 0.106. The van der Waals surface area contributed by atoms with Crippen LogP contribution in [0.15, 0.2) is 47.8 Å². The van der Waals surface area contributed by atoms with Gasteiger partial charge in [0.1, 0.15) is 11.6 Å². The van der Waals surface area contributed by atoms with Gasteiger partial charge >= 0.3 is 0 Å². The predicted octanol–water partition coefficient (Wildman–Crippen LogP) is 2.08. The first-order valence-electron chi connectivity index (χ1n) is 5.81. The van der Waals surface area contributed by atoms with Crippen molar-refractivity contribution in [3.05, 3.63) is 59.7 Å². The molecule has 20 heavy (non-hydrogen) atoms. The van der Waals surface area contributed by atoms with Gasteiger partial charge < -0.3 is 5.11 Å². The summed E-state index contributed by atoms with van der Waals surface area (Å²) in [7, 11) is 0. The lowest BCUT2D eigenvalue weighted by Crippen LogP contribution is -2.19. The number of carbonyl (C=O) groups excluding carboxylic acids is 1. The molecular weight excluding hydrogens is 261 g/mol. The van der Waals surface area contributed by atoms with Crippen LogP contribution in [0.5, 0.6) is 5.75 Å². The molecule has 0 fully saturated rings. The van der Waals surface area contributed by atoms with Crippen LogP contribution in [-0.4, -0.2) is 21.7 Å². The molecule has 102 valence electrons. The van der Waals surface area contributed by atoms with Gasteiger partial charge in [-0.05, 0) is 37.3 Å². The largest absolute Gasteiger partial charge is 0.507 e. The number of hydrazone groups is 1. The molecule has 0 unspecified atom stereocenters. The van der Waals surface area contributed by atoms with Gasteiger partial charge in [-0.15, -0.1) is 0 Å². The fraction of sp³-hybridized carbons (Fsp3) is 0.0714. The standard InChI is InChI=1S/C14H12FN3O2/c1-9(12-8-11(15)2-3-13(12)19)17-18-14(20)10-4-6-16-7-5-10/h2-8,19H,1H3,(H,18,20)/b17-9+. The third kappa shape index (κ3) is 3.17.